The Labute approximate surface area is 84.6 Å². The van der Waals surface area contributed by atoms with E-state index in [2.05, 4.69) is 5.32 Å². The first-order valence-corrected chi connectivity index (χ1v) is 5.65. The molecule has 0 rings (SSSR count). The molecule has 0 aliphatic rings. The lowest BCUT2D eigenvalue weighted by Crippen LogP contribution is -2.31. The average molecular weight is 204 g/mol. The topological polar surface area (TPSA) is 38.3 Å². The van der Waals surface area contributed by atoms with Crippen LogP contribution in [0.3, 0.4) is 0 Å². The van der Waals surface area contributed by atoms with E-state index in [0.29, 0.717) is 0 Å². The van der Waals surface area contributed by atoms with Crippen LogP contribution in [0.25, 0.3) is 0 Å². The number of hydrogen-bond acceptors (Lipinski definition) is 3. The summed E-state index contributed by atoms with van der Waals surface area (Å²) >= 11 is 1.74. The number of thioether (sulfide) groups is 1. The van der Waals surface area contributed by atoms with Crippen LogP contribution >= 0.6 is 11.8 Å². The van der Waals surface area contributed by atoms with E-state index in [4.69, 9.17) is 4.74 Å². The summed E-state index contributed by atoms with van der Waals surface area (Å²) in [7, 11) is 0. The molecule has 0 aromatic carbocycles. The number of amides is 1. The molecular formula is C9H18NO2S. The van der Waals surface area contributed by atoms with E-state index >= 15 is 0 Å². The summed E-state index contributed by atoms with van der Waals surface area (Å²) in [6, 6.07) is 0. The van der Waals surface area contributed by atoms with Gasteiger partial charge in [0.2, 0.25) is 0 Å². The number of carbonyl (C=O) groups is 1. The van der Waals surface area contributed by atoms with E-state index < -0.39 is 5.60 Å². The SMILES string of the molecule is CSCC[CH]NC(=O)OC(C)(C)C. The fraction of sp³-hybridized carbons (Fsp3) is 0.778. The smallest absolute Gasteiger partial charge is 0.407 e. The lowest BCUT2D eigenvalue weighted by Gasteiger charge is -2.19. The summed E-state index contributed by atoms with van der Waals surface area (Å²) in [5.74, 6) is 1.01. The van der Waals surface area contributed by atoms with Gasteiger partial charge >= 0.3 is 6.09 Å². The molecule has 0 spiro atoms. The molecule has 0 aromatic rings. The third kappa shape index (κ3) is 9.53. The van der Waals surface area contributed by atoms with Crippen LogP contribution in [0.1, 0.15) is 27.2 Å². The van der Waals surface area contributed by atoms with E-state index in [0.717, 1.165) is 12.2 Å². The fourth-order valence-corrected chi connectivity index (χ4v) is 0.993. The average Bonchev–Trinajstić information content (AvgIpc) is 1.94. The second-order valence-corrected chi connectivity index (χ2v) is 4.62. The molecule has 0 bridgehead atoms. The standard InChI is InChI=1S/C9H18NO2S/c1-9(2,3)12-8(11)10-6-5-7-13-4/h6H,5,7H2,1-4H3,(H,10,11). The summed E-state index contributed by atoms with van der Waals surface area (Å²) in [6.07, 6.45) is 2.51. The Kier molecular flexibility index (Phi) is 5.95. The molecule has 0 saturated heterocycles. The Balaban J connectivity index is 3.41. The molecule has 0 aromatic heterocycles. The molecule has 0 fully saturated rings. The van der Waals surface area contributed by atoms with Crippen molar-refractivity contribution >= 4 is 17.9 Å². The Bertz CT molecular complexity index is 154. The lowest BCUT2D eigenvalue weighted by atomic mass is 10.2. The van der Waals surface area contributed by atoms with Gasteiger partial charge in [-0.3, -0.25) is 0 Å². The van der Waals surface area contributed by atoms with E-state index in [1.54, 1.807) is 18.3 Å². The summed E-state index contributed by atoms with van der Waals surface area (Å²) in [6.45, 7) is 7.25. The monoisotopic (exact) mass is 204 g/mol. The zero-order chi connectivity index (χ0) is 10.3. The first kappa shape index (κ1) is 12.6. The maximum absolute atomic E-state index is 11.1. The van der Waals surface area contributed by atoms with Gasteiger partial charge in [-0.05, 0) is 39.2 Å². The van der Waals surface area contributed by atoms with Gasteiger partial charge < -0.3 is 10.1 Å². The summed E-state index contributed by atoms with van der Waals surface area (Å²) in [5.41, 5.74) is -0.419. The molecule has 0 aliphatic carbocycles. The minimum atomic E-state index is -0.419. The van der Waals surface area contributed by atoms with Gasteiger partial charge in [0.25, 0.3) is 0 Å². The van der Waals surface area contributed by atoms with Crippen LogP contribution in [0.4, 0.5) is 4.79 Å². The molecule has 77 valence electrons. The van der Waals surface area contributed by atoms with Gasteiger partial charge in [-0.15, -0.1) is 0 Å². The van der Waals surface area contributed by atoms with Crippen molar-refractivity contribution in [2.75, 3.05) is 12.0 Å². The van der Waals surface area contributed by atoms with Crippen molar-refractivity contribution in [1.82, 2.24) is 5.32 Å². The second kappa shape index (κ2) is 6.13. The highest BCUT2D eigenvalue weighted by atomic mass is 32.2. The van der Waals surface area contributed by atoms with E-state index in [1.165, 1.54) is 0 Å². The van der Waals surface area contributed by atoms with Crippen LogP contribution in [0.5, 0.6) is 0 Å². The van der Waals surface area contributed by atoms with Gasteiger partial charge in [0.15, 0.2) is 0 Å². The van der Waals surface area contributed by atoms with Gasteiger partial charge in [-0.25, -0.2) is 4.79 Å². The van der Waals surface area contributed by atoms with Crippen molar-refractivity contribution in [2.24, 2.45) is 0 Å². The number of alkyl carbamates (subject to hydrolysis) is 1. The summed E-state index contributed by atoms with van der Waals surface area (Å²) in [4.78, 5) is 11.1. The first-order chi connectivity index (χ1) is 5.95. The first-order valence-electron chi connectivity index (χ1n) is 4.26. The third-order valence-corrected chi connectivity index (χ3v) is 1.73. The minimum absolute atomic E-state index is 0.381. The maximum Gasteiger partial charge on any atom is 0.407 e. The van der Waals surface area contributed by atoms with Crippen molar-refractivity contribution in [3.8, 4) is 0 Å². The molecule has 0 atom stereocenters. The fourth-order valence-electron chi connectivity index (χ4n) is 0.640. The highest BCUT2D eigenvalue weighted by Crippen LogP contribution is 2.06. The van der Waals surface area contributed by atoms with E-state index in [1.807, 2.05) is 27.0 Å². The largest absolute Gasteiger partial charge is 0.444 e. The quantitative estimate of drug-likeness (QED) is 0.715. The predicted molar refractivity (Wildman–Crippen MR) is 56.7 cm³/mol. The number of carbonyl (C=O) groups excluding carboxylic acids is 1. The van der Waals surface area contributed by atoms with Gasteiger partial charge in [-0.2, -0.15) is 11.8 Å². The number of nitrogens with one attached hydrogen (secondary N) is 1. The minimum Gasteiger partial charge on any atom is -0.444 e. The van der Waals surface area contributed by atoms with Crippen LogP contribution in [0.15, 0.2) is 0 Å². The second-order valence-electron chi connectivity index (χ2n) is 3.63. The van der Waals surface area contributed by atoms with Crippen molar-refractivity contribution < 1.29 is 9.53 Å². The predicted octanol–water partition coefficient (Wildman–Crippen LogP) is 2.43. The molecule has 0 saturated carbocycles. The molecule has 0 unspecified atom stereocenters. The summed E-state index contributed by atoms with van der Waals surface area (Å²) < 4.78 is 5.03. The van der Waals surface area contributed by atoms with Crippen LogP contribution in [0, 0.1) is 6.54 Å². The Morgan fingerprint density at radius 2 is 2.15 bits per heavy atom. The van der Waals surface area contributed by atoms with E-state index in [-0.39, 0.29) is 6.09 Å². The molecule has 3 nitrogen and oxygen atoms in total. The highest BCUT2D eigenvalue weighted by Gasteiger charge is 2.15. The third-order valence-electron chi connectivity index (χ3n) is 1.09. The molecule has 1 amide bonds. The Hall–Kier alpha value is -0.380. The zero-order valence-corrected chi connectivity index (χ0v) is 9.53. The molecular weight excluding hydrogens is 186 g/mol. The maximum atomic E-state index is 11.1. The van der Waals surface area contributed by atoms with Crippen LogP contribution < -0.4 is 5.32 Å². The highest BCUT2D eigenvalue weighted by molar-refractivity contribution is 7.98. The van der Waals surface area contributed by atoms with Crippen LogP contribution in [-0.4, -0.2) is 23.7 Å². The summed E-state index contributed by atoms with van der Waals surface area (Å²) in [5, 5.41) is 2.57. The van der Waals surface area contributed by atoms with Crippen molar-refractivity contribution in [3.63, 3.8) is 0 Å². The van der Waals surface area contributed by atoms with Gasteiger partial charge in [0.1, 0.15) is 5.60 Å². The van der Waals surface area contributed by atoms with Gasteiger partial charge in [0, 0.05) is 0 Å². The number of hydrogen-bond donors (Lipinski definition) is 1. The number of ether oxygens (including phenoxy) is 1. The zero-order valence-electron chi connectivity index (χ0n) is 8.72. The molecule has 13 heavy (non-hydrogen) atoms. The van der Waals surface area contributed by atoms with E-state index in [9.17, 15) is 4.79 Å². The molecule has 0 heterocycles. The van der Waals surface area contributed by atoms with Crippen molar-refractivity contribution in [2.45, 2.75) is 32.8 Å². The molecule has 1 N–H and O–H groups in total. The van der Waals surface area contributed by atoms with Crippen molar-refractivity contribution in [1.29, 1.82) is 0 Å². The van der Waals surface area contributed by atoms with Crippen LogP contribution in [0.2, 0.25) is 0 Å². The van der Waals surface area contributed by atoms with Gasteiger partial charge in [-0.1, -0.05) is 0 Å². The van der Waals surface area contributed by atoms with Crippen molar-refractivity contribution in [3.05, 3.63) is 6.54 Å². The van der Waals surface area contributed by atoms with Gasteiger partial charge in [0.05, 0.1) is 6.54 Å². The molecule has 1 radical (unpaired) electrons. The lowest BCUT2D eigenvalue weighted by molar-refractivity contribution is 0.0542. The normalized spacial score (nSPS) is 11.1. The number of rotatable bonds is 4. The molecule has 0 aliphatic heterocycles. The Morgan fingerprint density at radius 1 is 1.54 bits per heavy atom. The molecule has 4 heteroatoms. The van der Waals surface area contributed by atoms with Crippen LogP contribution in [-0.2, 0) is 4.74 Å². The Morgan fingerprint density at radius 3 is 2.62 bits per heavy atom.